The van der Waals surface area contributed by atoms with Crippen LogP contribution in [0.15, 0.2) is 67.1 Å². The number of anilines is 1. The van der Waals surface area contributed by atoms with Crippen molar-refractivity contribution in [3.63, 3.8) is 0 Å². The number of carbonyl (C=O) groups excluding carboxylic acids is 5. The van der Waals surface area contributed by atoms with Crippen LogP contribution in [-0.2, 0) is 39.9 Å². The molecule has 4 aliphatic rings. The molecule has 4 aliphatic heterocycles. The van der Waals surface area contributed by atoms with Crippen molar-refractivity contribution in [3.8, 4) is 22.4 Å². The summed E-state index contributed by atoms with van der Waals surface area (Å²) in [4.78, 5) is 77.5. The molecule has 5 aromatic rings. The van der Waals surface area contributed by atoms with Gasteiger partial charge in [0.15, 0.2) is 0 Å². The van der Waals surface area contributed by atoms with Gasteiger partial charge in [0.2, 0.25) is 17.7 Å². The number of nitrogens with one attached hydrogen (secondary N) is 3. The molecule has 19 nitrogen and oxygen atoms in total. The monoisotopic (exact) mass is 978 g/mol. The maximum Gasteiger partial charge on any atom is 0.264 e. The van der Waals surface area contributed by atoms with Gasteiger partial charge in [0.05, 0.1) is 106 Å². The highest BCUT2D eigenvalue weighted by Gasteiger charge is 2.45. The number of fused-ring (bicyclic) bond motifs is 2. The Hall–Kier alpha value is -6.62. The Kier molecular flexibility index (Phi) is 16.0. The molecule has 0 bridgehead atoms. The van der Waals surface area contributed by atoms with Crippen LogP contribution in [0.25, 0.3) is 33.4 Å². The summed E-state index contributed by atoms with van der Waals surface area (Å²) in [6, 6.07) is 12.2. The Balaban J connectivity index is 0.633. The van der Waals surface area contributed by atoms with Gasteiger partial charge in [-0.15, -0.1) is 0 Å². The second-order valence-electron chi connectivity index (χ2n) is 17.7. The van der Waals surface area contributed by atoms with E-state index < -0.39 is 41.3 Å². The van der Waals surface area contributed by atoms with E-state index >= 15 is 8.78 Å². The zero-order valence-corrected chi connectivity index (χ0v) is 39.2. The minimum atomic E-state index is -1.03. The van der Waals surface area contributed by atoms with Crippen LogP contribution in [0.5, 0.6) is 0 Å². The summed E-state index contributed by atoms with van der Waals surface area (Å²) in [5, 5.41) is 12.9. The van der Waals surface area contributed by atoms with E-state index in [0.29, 0.717) is 113 Å². The summed E-state index contributed by atoms with van der Waals surface area (Å²) in [6.45, 7) is 6.98. The average Bonchev–Trinajstić information content (AvgIpc) is 3.97. The number of halogens is 2. The number of hydrogen-bond donors (Lipinski definition) is 3. The number of rotatable bonds is 21. The van der Waals surface area contributed by atoms with Crippen molar-refractivity contribution in [1.29, 1.82) is 0 Å². The summed E-state index contributed by atoms with van der Waals surface area (Å²) in [5.74, 6) is -3.51. The predicted molar refractivity (Wildman–Crippen MR) is 254 cm³/mol. The topological polar surface area (TPSA) is 212 Å². The third-order valence-corrected chi connectivity index (χ3v) is 13.0. The molecule has 0 radical (unpaired) electrons. The average molecular weight is 979 g/mol. The van der Waals surface area contributed by atoms with Gasteiger partial charge in [-0.25, -0.2) is 13.8 Å². The standard InChI is InChI=1S/C50H56F2N10O9/c51-38-25-32(26-39(52)37(38)30-60-15-19-70-20-16-60)35-3-1-6-41-47(35)57-42(28-55-41)33-27-56-61(29-33)34-9-13-59(14-10-34)31-45(64)54-12-18-69-22-24-71-23-21-68-17-11-53-40-5-2-4-36-46(40)50(67)62(49(36)66)43-7-8-44(63)58-48(43)65/h1-6,25-29,34,43,53H,7-24,30-31H2,(H,54,64)(H,58,63,65). The Morgan fingerprint density at radius 3 is 2.24 bits per heavy atom. The maximum atomic E-state index is 15.4. The largest absolute Gasteiger partial charge is 0.382 e. The second kappa shape index (κ2) is 23.1. The molecule has 3 fully saturated rings. The van der Waals surface area contributed by atoms with Crippen LogP contribution < -0.4 is 16.0 Å². The number of benzene rings is 3. The van der Waals surface area contributed by atoms with Crippen LogP contribution in [-0.4, -0.2) is 169 Å². The summed E-state index contributed by atoms with van der Waals surface area (Å²) in [6.07, 6.45) is 7.13. The number of ether oxygens (including phenoxy) is 4. The molecule has 1 atom stereocenters. The lowest BCUT2D eigenvalue weighted by Crippen LogP contribution is -2.54. The zero-order valence-electron chi connectivity index (χ0n) is 39.2. The van der Waals surface area contributed by atoms with Crippen molar-refractivity contribution < 1.29 is 51.7 Å². The van der Waals surface area contributed by atoms with Gasteiger partial charge in [0.25, 0.3) is 11.8 Å². The molecule has 0 aliphatic carbocycles. The molecule has 6 heterocycles. The highest BCUT2D eigenvalue weighted by Crippen LogP contribution is 2.34. The Labute approximate surface area is 408 Å². The molecular weight excluding hydrogens is 923 g/mol. The number of para-hydroxylation sites is 1. The van der Waals surface area contributed by atoms with Gasteiger partial charge < -0.3 is 29.6 Å². The first-order valence-electron chi connectivity index (χ1n) is 24.0. The molecule has 1 unspecified atom stereocenters. The van der Waals surface area contributed by atoms with Crippen molar-refractivity contribution in [2.24, 2.45) is 0 Å². The molecule has 21 heteroatoms. The molecule has 3 saturated heterocycles. The van der Waals surface area contributed by atoms with E-state index in [1.54, 1.807) is 42.7 Å². The number of piperidine rings is 2. The zero-order chi connectivity index (χ0) is 49.3. The van der Waals surface area contributed by atoms with Crippen LogP contribution in [0.4, 0.5) is 14.5 Å². The van der Waals surface area contributed by atoms with E-state index in [0.717, 1.165) is 36.4 Å². The van der Waals surface area contributed by atoms with Gasteiger partial charge in [-0.05, 0) is 55.2 Å². The highest BCUT2D eigenvalue weighted by atomic mass is 19.1. The lowest BCUT2D eigenvalue weighted by Gasteiger charge is -2.31. The Morgan fingerprint density at radius 2 is 1.49 bits per heavy atom. The number of likely N-dealkylation sites (tertiary alicyclic amines) is 1. The molecule has 3 aromatic carbocycles. The molecule has 0 saturated carbocycles. The van der Waals surface area contributed by atoms with Crippen molar-refractivity contribution in [3.05, 3.63) is 95.4 Å². The first-order valence-corrected chi connectivity index (χ1v) is 24.0. The third-order valence-electron chi connectivity index (χ3n) is 13.0. The first-order chi connectivity index (χ1) is 34.6. The first kappa shape index (κ1) is 49.4. The van der Waals surface area contributed by atoms with Crippen LogP contribution in [0.2, 0.25) is 0 Å². The van der Waals surface area contributed by atoms with Crippen molar-refractivity contribution in [2.75, 3.05) is 104 Å². The lowest BCUT2D eigenvalue weighted by atomic mass is 10.0. The maximum absolute atomic E-state index is 15.4. The normalized spacial score (nSPS) is 18.1. The summed E-state index contributed by atoms with van der Waals surface area (Å²) < 4.78 is 54.9. The van der Waals surface area contributed by atoms with Crippen molar-refractivity contribution >= 4 is 46.3 Å². The molecular formula is C50H56F2N10O9. The fourth-order valence-electron chi connectivity index (χ4n) is 9.29. The SMILES string of the molecule is O=C(CN1CCC(n2cc(-c3cnc4cccc(-c5cc(F)c(CN6CCOCC6)c(F)c5)c4n3)cn2)CC1)NCCOCCOCCOCCNc1cccc2c1C(=O)N(C1CCC(=O)NC1=O)C2=O. The van der Waals surface area contributed by atoms with Gasteiger partial charge in [0, 0.05) is 80.8 Å². The Morgan fingerprint density at radius 1 is 0.789 bits per heavy atom. The smallest absolute Gasteiger partial charge is 0.264 e. The quantitative estimate of drug-likeness (QED) is 0.0709. The lowest BCUT2D eigenvalue weighted by molar-refractivity contribution is -0.136. The molecule has 2 aromatic heterocycles. The number of imide groups is 2. The van der Waals surface area contributed by atoms with E-state index in [1.165, 1.54) is 12.1 Å². The van der Waals surface area contributed by atoms with Crippen molar-refractivity contribution in [2.45, 2.75) is 44.3 Å². The van der Waals surface area contributed by atoms with Gasteiger partial charge in [-0.2, -0.15) is 5.10 Å². The van der Waals surface area contributed by atoms with Gasteiger partial charge in [-0.3, -0.25) is 53.7 Å². The van der Waals surface area contributed by atoms with E-state index in [9.17, 15) is 24.0 Å². The summed E-state index contributed by atoms with van der Waals surface area (Å²) >= 11 is 0. The molecule has 0 spiro atoms. The van der Waals surface area contributed by atoms with Crippen LogP contribution >= 0.6 is 0 Å². The fraction of sp³-hybridized carbons (Fsp3) is 0.440. The summed E-state index contributed by atoms with van der Waals surface area (Å²) in [5.41, 5.74) is 4.37. The van der Waals surface area contributed by atoms with E-state index in [1.807, 2.05) is 21.8 Å². The molecule has 9 rings (SSSR count). The molecule has 71 heavy (non-hydrogen) atoms. The second-order valence-corrected chi connectivity index (χ2v) is 17.7. The fourth-order valence-corrected chi connectivity index (χ4v) is 9.29. The van der Waals surface area contributed by atoms with Crippen LogP contribution in [0.1, 0.15) is 58.0 Å². The van der Waals surface area contributed by atoms with Gasteiger partial charge in [-0.1, -0.05) is 18.2 Å². The van der Waals surface area contributed by atoms with E-state index in [2.05, 4.69) is 30.9 Å². The van der Waals surface area contributed by atoms with Gasteiger partial charge in [0.1, 0.15) is 17.7 Å². The third kappa shape index (κ3) is 11.8. The Bertz CT molecular complexity index is 2740. The minimum Gasteiger partial charge on any atom is -0.382 e. The number of amides is 5. The predicted octanol–water partition coefficient (Wildman–Crippen LogP) is 3.59. The minimum absolute atomic E-state index is 0.0393. The number of aromatic nitrogens is 4. The van der Waals surface area contributed by atoms with E-state index in [4.69, 9.17) is 23.9 Å². The molecule has 5 amide bonds. The van der Waals surface area contributed by atoms with Crippen LogP contribution in [0, 0.1) is 11.6 Å². The van der Waals surface area contributed by atoms with Crippen LogP contribution in [0.3, 0.4) is 0 Å². The van der Waals surface area contributed by atoms with Gasteiger partial charge >= 0.3 is 0 Å². The number of hydrogen-bond acceptors (Lipinski definition) is 15. The van der Waals surface area contributed by atoms with E-state index in [-0.39, 0.29) is 54.6 Å². The van der Waals surface area contributed by atoms with Crippen molar-refractivity contribution in [1.82, 2.24) is 45.1 Å². The number of morpholine rings is 1. The number of nitrogens with zero attached hydrogens (tertiary/aromatic N) is 7. The number of carbonyl (C=O) groups is 5. The highest BCUT2D eigenvalue weighted by molar-refractivity contribution is 6.25. The molecule has 374 valence electrons. The summed E-state index contributed by atoms with van der Waals surface area (Å²) in [7, 11) is 0. The molecule has 3 N–H and O–H groups in total.